The third-order valence-electron chi connectivity index (χ3n) is 9.01. The van der Waals surface area contributed by atoms with Gasteiger partial charge in [-0.3, -0.25) is 9.59 Å². The molecule has 0 N–H and O–H groups in total. The van der Waals surface area contributed by atoms with Crippen LogP contribution in [0.1, 0.15) is 31.7 Å². The molecule has 3 fully saturated rings. The zero-order valence-electron chi connectivity index (χ0n) is 22.2. The summed E-state index contributed by atoms with van der Waals surface area (Å²) in [5.41, 5.74) is 1.79. The smallest absolute Gasteiger partial charge is 0.240 e. The van der Waals surface area contributed by atoms with Crippen molar-refractivity contribution in [2.24, 2.45) is 11.8 Å². The average molecular weight is 529 g/mol. The van der Waals surface area contributed by atoms with Crippen molar-refractivity contribution in [2.75, 3.05) is 11.5 Å². The van der Waals surface area contributed by atoms with Crippen molar-refractivity contribution in [3.8, 4) is 22.9 Å². The third-order valence-corrected chi connectivity index (χ3v) is 9.01. The van der Waals surface area contributed by atoms with Crippen LogP contribution in [0.3, 0.4) is 0 Å². The van der Waals surface area contributed by atoms with Gasteiger partial charge in [-0.15, -0.1) is 0 Å². The molecule has 4 atom stereocenters. The fourth-order valence-electron chi connectivity index (χ4n) is 7.16. The Balaban J connectivity index is 1.16. The second kappa shape index (κ2) is 9.04. The maximum Gasteiger partial charge on any atom is 0.240 e. The lowest BCUT2D eigenvalue weighted by molar-refractivity contribution is -0.131. The van der Waals surface area contributed by atoms with Crippen LogP contribution in [0.25, 0.3) is 21.9 Å². The maximum absolute atomic E-state index is 14.1. The number of imide groups is 1. The van der Waals surface area contributed by atoms with Crippen LogP contribution in [-0.2, 0) is 14.3 Å². The third kappa shape index (κ3) is 3.58. The largest absolute Gasteiger partial charge is 0.493 e. The molecule has 3 saturated heterocycles. The summed E-state index contributed by atoms with van der Waals surface area (Å²) in [4.78, 5) is 29.4. The Kier molecular flexibility index (Phi) is 5.55. The van der Waals surface area contributed by atoms with Gasteiger partial charge in [0.05, 0.1) is 47.0 Å². The molecule has 0 spiro atoms. The number of anilines is 1. The average Bonchev–Trinajstić information content (AvgIpc) is 3.57. The van der Waals surface area contributed by atoms with Gasteiger partial charge in [-0.1, -0.05) is 66.7 Å². The van der Waals surface area contributed by atoms with Crippen molar-refractivity contribution < 1.29 is 19.1 Å². The molecule has 6 heteroatoms. The van der Waals surface area contributed by atoms with Crippen molar-refractivity contribution in [3.05, 3.63) is 96.6 Å². The number of carbonyl (C=O) groups excluding carboxylic acids is 2. The number of hydrogen-bond donors (Lipinski definition) is 0. The predicted octanol–water partition coefficient (Wildman–Crippen LogP) is 6.27. The Morgan fingerprint density at radius 3 is 2.40 bits per heavy atom. The minimum atomic E-state index is -0.750. The van der Waals surface area contributed by atoms with Crippen LogP contribution in [0, 0.1) is 23.2 Å². The standard InChI is InChI=1S/C34H28N2O4/c1-33-16-17-34(40-33,18-19-39-25-11-7-10-23(20-25)22-8-3-2-4-9-22)30-29(33)31(37)36(32(30)38)28-15-14-24(21-35)26-12-5-6-13-27(26)28/h2-15,20,29-30H,16-19H2,1H3. The predicted molar refractivity (Wildman–Crippen MR) is 152 cm³/mol. The van der Waals surface area contributed by atoms with Gasteiger partial charge in [-0.25, -0.2) is 4.90 Å². The molecule has 0 aromatic heterocycles. The first-order valence-electron chi connectivity index (χ1n) is 13.7. The molecule has 4 aromatic rings. The molecule has 3 aliphatic rings. The van der Waals surface area contributed by atoms with E-state index in [1.165, 1.54) is 4.90 Å². The van der Waals surface area contributed by atoms with Crippen molar-refractivity contribution in [1.82, 2.24) is 0 Å². The van der Waals surface area contributed by atoms with Gasteiger partial charge >= 0.3 is 0 Å². The van der Waals surface area contributed by atoms with Crippen molar-refractivity contribution in [2.45, 2.75) is 37.4 Å². The number of benzene rings is 4. The van der Waals surface area contributed by atoms with Gasteiger partial charge in [-0.05, 0) is 55.2 Å². The number of fused-ring (bicyclic) bond motifs is 6. The second-order valence-corrected chi connectivity index (χ2v) is 11.2. The lowest BCUT2D eigenvalue weighted by atomic mass is 9.67. The molecule has 4 aromatic carbocycles. The van der Waals surface area contributed by atoms with Gasteiger partial charge in [0.1, 0.15) is 5.75 Å². The monoisotopic (exact) mass is 528 g/mol. The van der Waals surface area contributed by atoms with Crippen LogP contribution < -0.4 is 9.64 Å². The topological polar surface area (TPSA) is 79.6 Å². The second-order valence-electron chi connectivity index (χ2n) is 11.2. The molecule has 3 aliphatic heterocycles. The van der Waals surface area contributed by atoms with Gasteiger partial charge in [0.15, 0.2) is 0 Å². The Morgan fingerprint density at radius 1 is 0.875 bits per heavy atom. The molecule has 2 bridgehead atoms. The summed E-state index contributed by atoms with van der Waals surface area (Å²) in [7, 11) is 0. The molecular formula is C34H28N2O4. The highest BCUT2D eigenvalue weighted by atomic mass is 16.5. The molecule has 40 heavy (non-hydrogen) atoms. The van der Waals surface area contributed by atoms with E-state index in [0.717, 1.165) is 34.1 Å². The van der Waals surface area contributed by atoms with E-state index < -0.39 is 23.0 Å². The van der Waals surface area contributed by atoms with Gasteiger partial charge < -0.3 is 9.47 Å². The van der Waals surface area contributed by atoms with Crippen LogP contribution in [0.4, 0.5) is 5.69 Å². The van der Waals surface area contributed by atoms with Crippen LogP contribution in [0.2, 0.25) is 0 Å². The highest BCUT2D eigenvalue weighted by molar-refractivity contribution is 6.26. The summed E-state index contributed by atoms with van der Waals surface area (Å²) in [5, 5.41) is 11.0. The Morgan fingerprint density at radius 2 is 1.60 bits per heavy atom. The number of amides is 2. The van der Waals surface area contributed by atoms with Gasteiger partial charge in [0, 0.05) is 17.2 Å². The van der Waals surface area contributed by atoms with Crippen LogP contribution >= 0.6 is 0 Å². The van der Waals surface area contributed by atoms with E-state index in [4.69, 9.17) is 9.47 Å². The molecule has 0 saturated carbocycles. The molecule has 0 aliphatic carbocycles. The van der Waals surface area contributed by atoms with Crippen molar-refractivity contribution in [1.29, 1.82) is 5.26 Å². The summed E-state index contributed by atoms with van der Waals surface area (Å²) in [6, 6.07) is 31.2. The fourth-order valence-corrected chi connectivity index (χ4v) is 7.16. The minimum Gasteiger partial charge on any atom is -0.493 e. The van der Waals surface area contributed by atoms with E-state index in [-0.39, 0.29) is 11.8 Å². The number of rotatable bonds is 6. The normalized spacial score (nSPS) is 26.8. The zero-order valence-corrected chi connectivity index (χ0v) is 22.2. The minimum absolute atomic E-state index is 0.217. The first-order valence-corrected chi connectivity index (χ1v) is 13.7. The molecule has 6 nitrogen and oxygen atoms in total. The molecule has 4 unspecified atom stereocenters. The fraction of sp³-hybridized carbons (Fsp3) is 0.265. The quantitative estimate of drug-likeness (QED) is 0.276. The van der Waals surface area contributed by atoms with E-state index in [2.05, 4.69) is 24.3 Å². The first-order chi connectivity index (χ1) is 19.4. The zero-order chi connectivity index (χ0) is 27.5. The van der Waals surface area contributed by atoms with Crippen molar-refractivity contribution in [3.63, 3.8) is 0 Å². The first kappa shape index (κ1) is 24.6. The number of nitrogens with zero attached hydrogens (tertiary/aromatic N) is 2. The summed E-state index contributed by atoms with van der Waals surface area (Å²) in [6.07, 6.45) is 1.94. The van der Waals surface area contributed by atoms with E-state index in [9.17, 15) is 14.9 Å². The molecule has 2 amide bonds. The molecule has 198 valence electrons. The number of nitriles is 1. The Labute approximate surface area is 232 Å². The molecular weight excluding hydrogens is 500 g/mol. The number of hydrogen-bond acceptors (Lipinski definition) is 5. The lowest BCUT2D eigenvalue weighted by Gasteiger charge is -2.31. The van der Waals surface area contributed by atoms with E-state index in [1.54, 1.807) is 12.1 Å². The van der Waals surface area contributed by atoms with E-state index >= 15 is 0 Å². The van der Waals surface area contributed by atoms with E-state index in [0.29, 0.717) is 30.7 Å². The Hall–Kier alpha value is -4.47. The van der Waals surface area contributed by atoms with Gasteiger partial charge in [-0.2, -0.15) is 5.26 Å². The summed E-state index contributed by atoms with van der Waals surface area (Å²) < 4.78 is 12.8. The lowest BCUT2D eigenvalue weighted by Crippen LogP contribution is -2.43. The Bertz CT molecular complexity index is 1710. The molecule has 7 rings (SSSR count). The molecule has 3 heterocycles. The summed E-state index contributed by atoms with van der Waals surface area (Å²) in [5.74, 6) is -0.783. The number of carbonyl (C=O) groups is 2. The van der Waals surface area contributed by atoms with Crippen LogP contribution in [0.5, 0.6) is 5.75 Å². The van der Waals surface area contributed by atoms with Gasteiger partial charge in [0.2, 0.25) is 11.8 Å². The van der Waals surface area contributed by atoms with Gasteiger partial charge in [0.25, 0.3) is 0 Å². The van der Waals surface area contributed by atoms with Crippen LogP contribution in [-0.4, -0.2) is 29.6 Å². The van der Waals surface area contributed by atoms with E-state index in [1.807, 2.05) is 67.6 Å². The van der Waals surface area contributed by atoms with Crippen LogP contribution in [0.15, 0.2) is 91.0 Å². The summed E-state index contributed by atoms with van der Waals surface area (Å²) >= 11 is 0. The summed E-state index contributed by atoms with van der Waals surface area (Å²) in [6.45, 7) is 2.34. The maximum atomic E-state index is 14.1. The highest BCUT2D eigenvalue weighted by Crippen LogP contribution is 2.62. The SMILES string of the molecule is CC12CCC(CCOc3cccc(-c4ccccc4)c3)(O1)C1C(=O)N(c3ccc(C#N)c4ccccc34)C(=O)C12. The molecule has 0 radical (unpaired) electrons. The highest BCUT2D eigenvalue weighted by Gasteiger charge is 2.73. The van der Waals surface area contributed by atoms with Crippen molar-refractivity contribution >= 4 is 28.3 Å². The number of ether oxygens (including phenoxy) is 2.